The van der Waals surface area contributed by atoms with E-state index in [4.69, 9.17) is 11.6 Å². The van der Waals surface area contributed by atoms with Crippen molar-refractivity contribution in [3.05, 3.63) is 62.8 Å². The molecule has 0 spiro atoms. The number of hydrogen-bond acceptors (Lipinski definition) is 5. The maximum atomic E-state index is 12.6. The summed E-state index contributed by atoms with van der Waals surface area (Å²) in [5.74, 6) is 0.734. The third-order valence-electron chi connectivity index (χ3n) is 5.64. The first-order valence-electron chi connectivity index (χ1n) is 9.39. The van der Waals surface area contributed by atoms with E-state index in [0.29, 0.717) is 11.6 Å². The molecule has 0 aliphatic carbocycles. The molecule has 4 heterocycles. The second-order valence-corrected chi connectivity index (χ2v) is 7.81. The van der Waals surface area contributed by atoms with Crippen LogP contribution in [-0.2, 0) is 18.9 Å². The molecule has 10 heteroatoms. The Morgan fingerprint density at radius 1 is 1.07 bits per heavy atom. The van der Waals surface area contributed by atoms with E-state index in [9.17, 15) is 9.59 Å². The van der Waals surface area contributed by atoms with Crippen LogP contribution in [0.25, 0.3) is 16.9 Å². The van der Waals surface area contributed by atoms with Crippen molar-refractivity contribution in [2.24, 2.45) is 14.1 Å². The van der Waals surface area contributed by atoms with Crippen molar-refractivity contribution >= 4 is 34.4 Å². The van der Waals surface area contributed by atoms with E-state index in [0.717, 1.165) is 27.9 Å². The first kappa shape index (κ1) is 18.6. The SMILES string of the molecule is Cc1nn(-c2ccc(Cl)nn2)c2c1[C@@H](c1ccc3c(c1)n(C)c(=O)n3C)CC(=O)N2. The summed E-state index contributed by atoms with van der Waals surface area (Å²) in [4.78, 5) is 24.9. The third-order valence-corrected chi connectivity index (χ3v) is 5.84. The molecule has 0 bridgehead atoms. The molecular weight excluding hydrogens is 406 g/mol. The van der Waals surface area contributed by atoms with E-state index in [1.54, 1.807) is 40.0 Å². The third kappa shape index (κ3) is 2.66. The molecule has 152 valence electrons. The zero-order valence-corrected chi connectivity index (χ0v) is 17.3. The van der Waals surface area contributed by atoms with Gasteiger partial charge in [0.25, 0.3) is 0 Å². The zero-order chi connectivity index (χ0) is 21.2. The molecule has 0 saturated carbocycles. The summed E-state index contributed by atoms with van der Waals surface area (Å²) in [5.41, 5.74) is 4.23. The number of benzene rings is 1. The van der Waals surface area contributed by atoms with Gasteiger partial charge in [-0.05, 0) is 36.8 Å². The average molecular weight is 424 g/mol. The standard InChI is InChI=1S/C20H18ClN7O2/c1-10-18-12(11-4-5-13-14(8-11)27(3)20(30)26(13)2)9-17(29)22-19(18)28(25-10)16-7-6-15(21)23-24-16/h4-8,12H,9H2,1-3H3,(H,22,29)/t12-/m1/s1. The number of carbonyl (C=O) groups is 1. The van der Waals surface area contributed by atoms with Gasteiger partial charge >= 0.3 is 5.69 Å². The van der Waals surface area contributed by atoms with Crippen molar-refractivity contribution in [1.82, 2.24) is 29.1 Å². The minimum absolute atomic E-state index is 0.0884. The number of aromatic nitrogens is 6. The van der Waals surface area contributed by atoms with Gasteiger partial charge in [0, 0.05) is 32.0 Å². The predicted molar refractivity (Wildman–Crippen MR) is 112 cm³/mol. The van der Waals surface area contributed by atoms with E-state index in [1.807, 2.05) is 25.1 Å². The van der Waals surface area contributed by atoms with Crippen LogP contribution in [0.2, 0.25) is 5.15 Å². The largest absolute Gasteiger partial charge is 0.328 e. The van der Waals surface area contributed by atoms with Crippen molar-refractivity contribution in [2.45, 2.75) is 19.3 Å². The summed E-state index contributed by atoms with van der Waals surface area (Å²) in [5, 5.41) is 15.8. The molecule has 1 amide bonds. The zero-order valence-electron chi connectivity index (χ0n) is 16.5. The number of imidazole rings is 1. The molecule has 0 unspecified atom stereocenters. The fourth-order valence-electron chi connectivity index (χ4n) is 4.16. The number of carbonyl (C=O) groups excluding carboxylic acids is 1. The Hall–Kier alpha value is -3.46. The fourth-order valence-corrected chi connectivity index (χ4v) is 4.26. The van der Waals surface area contributed by atoms with Crippen molar-refractivity contribution in [3.8, 4) is 5.82 Å². The molecular formula is C20H18ClN7O2. The molecule has 9 nitrogen and oxygen atoms in total. The first-order valence-corrected chi connectivity index (χ1v) is 9.77. The lowest BCUT2D eigenvalue weighted by Crippen LogP contribution is -2.25. The number of hydrogen-bond donors (Lipinski definition) is 1. The van der Waals surface area contributed by atoms with Gasteiger partial charge in [-0.25, -0.2) is 4.79 Å². The summed E-state index contributed by atoms with van der Waals surface area (Å²) in [6.07, 6.45) is 0.290. The highest BCUT2D eigenvalue weighted by Gasteiger charge is 2.33. The second-order valence-electron chi connectivity index (χ2n) is 7.43. The van der Waals surface area contributed by atoms with Gasteiger partial charge in [-0.2, -0.15) is 9.78 Å². The summed E-state index contributed by atoms with van der Waals surface area (Å²) in [6.45, 7) is 1.90. The normalized spacial score (nSPS) is 16.0. The molecule has 1 atom stereocenters. The Morgan fingerprint density at radius 3 is 2.57 bits per heavy atom. The molecule has 0 fully saturated rings. The molecule has 4 aromatic rings. The van der Waals surface area contributed by atoms with Crippen LogP contribution in [0.3, 0.4) is 0 Å². The maximum absolute atomic E-state index is 12.6. The monoisotopic (exact) mass is 423 g/mol. The molecule has 1 aliphatic heterocycles. The van der Waals surface area contributed by atoms with E-state index in [2.05, 4.69) is 20.6 Å². The summed E-state index contributed by atoms with van der Waals surface area (Å²) >= 11 is 5.85. The topological polar surface area (TPSA) is 99.6 Å². The van der Waals surface area contributed by atoms with Gasteiger partial charge in [0.15, 0.2) is 11.0 Å². The Balaban J connectivity index is 1.68. The summed E-state index contributed by atoms with van der Waals surface area (Å²) < 4.78 is 4.80. The number of nitrogens with zero attached hydrogens (tertiary/aromatic N) is 6. The van der Waals surface area contributed by atoms with Crippen LogP contribution in [-0.4, -0.2) is 35.0 Å². The quantitative estimate of drug-likeness (QED) is 0.533. The number of rotatable bonds is 2. The van der Waals surface area contributed by atoms with Gasteiger partial charge in [-0.3, -0.25) is 13.9 Å². The Kier molecular flexibility index (Phi) is 4.04. The van der Waals surface area contributed by atoms with E-state index >= 15 is 0 Å². The van der Waals surface area contributed by atoms with Crippen LogP contribution in [0.15, 0.2) is 35.1 Å². The molecule has 30 heavy (non-hydrogen) atoms. The van der Waals surface area contributed by atoms with E-state index < -0.39 is 0 Å². The highest BCUT2D eigenvalue weighted by atomic mass is 35.5. The molecule has 0 radical (unpaired) electrons. The summed E-state index contributed by atoms with van der Waals surface area (Å²) in [6, 6.07) is 9.18. The van der Waals surface area contributed by atoms with Crippen LogP contribution >= 0.6 is 11.6 Å². The molecule has 0 saturated heterocycles. The van der Waals surface area contributed by atoms with Gasteiger partial charge in [0.1, 0.15) is 5.82 Å². The van der Waals surface area contributed by atoms with E-state index in [1.165, 1.54) is 0 Å². The molecule has 1 N–H and O–H groups in total. The Morgan fingerprint density at radius 2 is 1.83 bits per heavy atom. The number of fused-ring (bicyclic) bond motifs is 2. The lowest BCUT2D eigenvalue weighted by atomic mass is 9.85. The number of amides is 1. The first-order chi connectivity index (χ1) is 14.3. The van der Waals surface area contributed by atoms with Gasteiger partial charge < -0.3 is 5.32 Å². The maximum Gasteiger partial charge on any atom is 0.328 e. The highest BCUT2D eigenvalue weighted by molar-refractivity contribution is 6.29. The number of halogens is 1. The van der Waals surface area contributed by atoms with Crippen LogP contribution in [0.4, 0.5) is 5.82 Å². The van der Waals surface area contributed by atoms with Crippen LogP contribution < -0.4 is 11.0 Å². The predicted octanol–water partition coefficient (Wildman–Crippen LogP) is 2.29. The molecule has 3 aromatic heterocycles. The Bertz CT molecular complexity index is 1380. The Labute approximate surface area is 175 Å². The highest BCUT2D eigenvalue weighted by Crippen LogP contribution is 2.40. The van der Waals surface area contributed by atoms with E-state index in [-0.39, 0.29) is 29.1 Å². The lowest BCUT2D eigenvalue weighted by molar-refractivity contribution is -0.116. The smallest absolute Gasteiger partial charge is 0.310 e. The molecule has 1 aromatic carbocycles. The van der Waals surface area contributed by atoms with Crippen LogP contribution in [0, 0.1) is 6.92 Å². The van der Waals surface area contributed by atoms with Crippen molar-refractivity contribution in [1.29, 1.82) is 0 Å². The van der Waals surface area contributed by atoms with Crippen molar-refractivity contribution in [2.75, 3.05) is 5.32 Å². The number of aryl methyl sites for hydroxylation is 3. The fraction of sp³-hybridized carbons (Fsp3) is 0.250. The van der Waals surface area contributed by atoms with Crippen LogP contribution in [0.5, 0.6) is 0 Å². The minimum Gasteiger partial charge on any atom is -0.310 e. The summed E-state index contributed by atoms with van der Waals surface area (Å²) in [7, 11) is 3.49. The number of anilines is 1. The average Bonchev–Trinajstić information content (AvgIpc) is 3.17. The second kappa shape index (κ2) is 6.53. The van der Waals surface area contributed by atoms with Gasteiger partial charge in [-0.15, -0.1) is 10.2 Å². The van der Waals surface area contributed by atoms with Gasteiger partial charge in [0.2, 0.25) is 5.91 Å². The van der Waals surface area contributed by atoms with Crippen molar-refractivity contribution in [3.63, 3.8) is 0 Å². The molecule has 1 aliphatic rings. The van der Waals surface area contributed by atoms with Gasteiger partial charge in [-0.1, -0.05) is 17.7 Å². The lowest BCUT2D eigenvalue weighted by Gasteiger charge is -2.24. The van der Waals surface area contributed by atoms with Crippen molar-refractivity contribution < 1.29 is 4.79 Å². The number of nitrogens with one attached hydrogen (secondary N) is 1. The minimum atomic E-state index is -0.192. The van der Waals surface area contributed by atoms with Gasteiger partial charge in [0.05, 0.1) is 16.7 Å². The van der Waals surface area contributed by atoms with Crippen LogP contribution in [0.1, 0.15) is 29.2 Å². The molecule has 5 rings (SSSR count).